The number of aliphatic hydroxyl groups is 2. The standard InChI is InChI=1S/C25H32F3N3O5S2/c1-24(33,25(26,27)28)17-4-6-18(7-5-17)30-9-8-29(38(34,35)23-3-2-10-37-23)13-21(30)14-31-19-11-22(32)12-20(31)16-36-15-19/h2-7,10,19-22,32-33H,8-9,11-16H2,1H3/t19?,20?,21-,22?,24-/m1/s1. The van der Waals surface area contributed by atoms with E-state index in [2.05, 4.69) is 4.90 Å². The van der Waals surface area contributed by atoms with Crippen molar-refractivity contribution in [2.24, 2.45) is 0 Å². The number of thiophene rings is 1. The number of aliphatic hydroxyl groups excluding tert-OH is 1. The topological polar surface area (TPSA) is 93.6 Å². The number of rotatable bonds is 6. The fourth-order valence-corrected chi connectivity index (χ4v) is 8.34. The molecule has 5 rings (SSSR count). The Balaban J connectivity index is 1.43. The predicted octanol–water partition coefficient (Wildman–Crippen LogP) is 2.62. The molecule has 2 unspecified atom stereocenters. The zero-order valence-electron chi connectivity index (χ0n) is 20.9. The van der Waals surface area contributed by atoms with Gasteiger partial charge in [0.25, 0.3) is 10.0 Å². The normalized spacial score (nSPS) is 29.3. The molecule has 0 aliphatic carbocycles. The number of hydrogen-bond acceptors (Lipinski definition) is 8. The number of nitrogens with zero attached hydrogens (tertiary/aromatic N) is 3. The fourth-order valence-electron chi connectivity index (χ4n) is 5.72. The first kappa shape index (κ1) is 27.8. The van der Waals surface area contributed by atoms with Gasteiger partial charge < -0.3 is 19.8 Å². The van der Waals surface area contributed by atoms with Gasteiger partial charge in [0.1, 0.15) is 4.21 Å². The summed E-state index contributed by atoms with van der Waals surface area (Å²) >= 11 is 1.16. The maximum absolute atomic E-state index is 13.4. The molecular formula is C25H32F3N3O5S2. The lowest BCUT2D eigenvalue weighted by Crippen LogP contribution is -2.64. The summed E-state index contributed by atoms with van der Waals surface area (Å²) in [5.74, 6) is 0. The molecule has 210 valence electrons. The van der Waals surface area contributed by atoms with E-state index in [1.165, 1.54) is 16.4 Å². The molecule has 3 fully saturated rings. The van der Waals surface area contributed by atoms with Crippen LogP contribution in [0, 0.1) is 0 Å². The molecule has 1 aromatic carbocycles. The van der Waals surface area contributed by atoms with Crippen LogP contribution in [0.5, 0.6) is 0 Å². The van der Waals surface area contributed by atoms with E-state index in [0.717, 1.165) is 18.3 Å². The molecule has 0 radical (unpaired) electrons. The van der Waals surface area contributed by atoms with Crippen molar-refractivity contribution < 1.29 is 36.5 Å². The van der Waals surface area contributed by atoms with E-state index in [1.54, 1.807) is 29.6 Å². The van der Waals surface area contributed by atoms with Crippen molar-refractivity contribution >= 4 is 27.0 Å². The van der Waals surface area contributed by atoms with Crippen molar-refractivity contribution in [1.82, 2.24) is 9.21 Å². The summed E-state index contributed by atoms with van der Waals surface area (Å²) in [6, 6.07) is 8.66. The molecule has 38 heavy (non-hydrogen) atoms. The predicted molar refractivity (Wildman–Crippen MR) is 137 cm³/mol. The molecule has 4 atom stereocenters. The van der Waals surface area contributed by atoms with Gasteiger partial charge in [-0.3, -0.25) is 4.90 Å². The number of piperazine rings is 1. The van der Waals surface area contributed by atoms with Crippen molar-refractivity contribution in [1.29, 1.82) is 0 Å². The van der Waals surface area contributed by atoms with E-state index in [4.69, 9.17) is 4.74 Å². The number of sulfonamides is 1. The van der Waals surface area contributed by atoms with Crippen LogP contribution in [0.4, 0.5) is 18.9 Å². The van der Waals surface area contributed by atoms with Gasteiger partial charge in [-0.05, 0) is 48.9 Å². The quantitative estimate of drug-likeness (QED) is 0.547. The Labute approximate surface area is 224 Å². The van der Waals surface area contributed by atoms with Crippen LogP contribution in [-0.2, 0) is 20.4 Å². The second-order valence-electron chi connectivity index (χ2n) is 10.4. The average molecular weight is 576 g/mol. The highest BCUT2D eigenvalue weighted by Gasteiger charge is 2.51. The van der Waals surface area contributed by atoms with E-state index in [-0.39, 0.29) is 41.0 Å². The average Bonchev–Trinajstić information content (AvgIpc) is 3.40. The van der Waals surface area contributed by atoms with Gasteiger partial charge in [-0.15, -0.1) is 11.3 Å². The van der Waals surface area contributed by atoms with Gasteiger partial charge in [0.15, 0.2) is 5.60 Å². The number of alkyl halides is 3. The number of fused-ring (bicyclic) bond motifs is 2. The van der Waals surface area contributed by atoms with E-state index in [1.807, 2.05) is 4.90 Å². The van der Waals surface area contributed by atoms with Crippen LogP contribution < -0.4 is 4.90 Å². The molecule has 2 aromatic rings. The molecule has 0 spiro atoms. The van der Waals surface area contributed by atoms with Crippen LogP contribution in [0.3, 0.4) is 0 Å². The van der Waals surface area contributed by atoms with Gasteiger partial charge in [-0.2, -0.15) is 17.5 Å². The number of benzene rings is 1. The number of morpholine rings is 1. The number of ether oxygens (including phenoxy) is 1. The van der Waals surface area contributed by atoms with Crippen LogP contribution >= 0.6 is 11.3 Å². The molecule has 8 nitrogen and oxygen atoms in total. The second kappa shape index (κ2) is 10.3. The van der Waals surface area contributed by atoms with Crippen LogP contribution in [0.25, 0.3) is 0 Å². The van der Waals surface area contributed by atoms with Gasteiger partial charge >= 0.3 is 6.18 Å². The van der Waals surface area contributed by atoms with Gasteiger partial charge in [-0.25, -0.2) is 8.42 Å². The number of halogens is 3. The Bertz CT molecular complexity index is 1190. The van der Waals surface area contributed by atoms with Gasteiger partial charge in [0.2, 0.25) is 0 Å². The summed E-state index contributed by atoms with van der Waals surface area (Å²) in [5.41, 5.74) is -2.59. The molecule has 3 saturated heterocycles. The lowest BCUT2D eigenvalue weighted by atomic mass is 9.91. The Morgan fingerprint density at radius 2 is 1.74 bits per heavy atom. The summed E-state index contributed by atoms with van der Waals surface area (Å²) in [6.07, 6.45) is -4.09. The lowest BCUT2D eigenvalue weighted by molar-refractivity contribution is -0.258. The fraction of sp³-hybridized carbons (Fsp3) is 0.600. The number of anilines is 1. The molecule has 13 heteroatoms. The van der Waals surface area contributed by atoms with Crippen molar-refractivity contribution in [3.05, 3.63) is 47.3 Å². The van der Waals surface area contributed by atoms with Crippen LogP contribution in [0.15, 0.2) is 46.0 Å². The summed E-state index contributed by atoms with van der Waals surface area (Å²) in [4.78, 5) is 4.33. The zero-order valence-corrected chi connectivity index (χ0v) is 22.6. The first-order chi connectivity index (χ1) is 17.9. The third-order valence-corrected chi connectivity index (χ3v) is 11.2. The highest BCUT2D eigenvalue weighted by molar-refractivity contribution is 7.91. The Kier molecular flexibility index (Phi) is 7.57. The minimum Gasteiger partial charge on any atom is -0.393 e. The summed E-state index contributed by atoms with van der Waals surface area (Å²) in [5, 5.41) is 22.1. The smallest absolute Gasteiger partial charge is 0.393 e. The highest BCUT2D eigenvalue weighted by Crippen LogP contribution is 2.39. The molecule has 2 bridgehead atoms. The molecule has 3 aliphatic heterocycles. The summed E-state index contributed by atoms with van der Waals surface area (Å²) in [6.45, 7) is 3.01. The number of piperidine rings is 1. The lowest BCUT2D eigenvalue weighted by Gasteiger charge is -2.51. The van der Waals surface area contributed by atoms with Crippen molar-refractivity contribution in [3.63, 3.8) is 0 Å². The van der Waals surface area contributed by atoms with Crippen molar-refractivity contribution in [2.75, 3.05) is 44.3 Å². The third kappa shape index (κ3) is 5.21. The molecule has 4 heterocycles. The van der Waals surface area contributed by atoms with E-state index >= 15 is 0 Å². The molecule has 0 saturated carbocycles. The maximum atomic E-state index is 13.4. The minimum absolute atomic E-state index is 0.00730. The summed E-state index contributed by atoms with van der Waals surface area (Å²) in [7, 11) is -3.68. The largest absolute Gasteiger partial charge is 0.421 e. The minimum atomic E-state index is -4.82. The van der Waals surface area contributed by atoms with Crippen molar-refractivity contribution in [2.45, 2.75) is 60.0 Å². The molecular weight excluding hydrogens is 543 g/mol. The Morgan fingerprint density at radius 3 is 2.32 bits per heavy atom. The molecule has 3 aliphatic rings. The van der Waals surface area contributed by atoms with Crippen LogP contribution in [0.2, 0.25) is 0 Å². The zero-order chi connectivity index (χ0) is 27.3. The van der Waals surface area contributed by atoms with Crippen molar-refractivity contribution in [3.8, 4) is 0 Å². The Morgan fingerprint density at radius 1 is 1.08 bits per heavy atom. The van der Waals surface area contributed by atoms with E-state index < -0.39 is 27.9 Å². The number of hydrogen-bond donors (Lipinski definition) is 2. The molecule has 1 aromatic heterocycles. The first-order valence-corrected chi connectivity index (χ1v) is 14.9. The van der Waals surface area contributed by atoms with Gasteiger partial charge in [0.05, 0.1) is 25.4 Å². The summed E-state index contributed by atoms with van der Waals surface area (Å²) < 4.78 is 74.2. The highest BCUT2D eigenvalue weighted by atomic mass is 32.2. The second-order valence-corrected chi connectivity index (χ2v) is 13.5. The van der Waals surface area contributed by atoms with Gasteiger partial charge in [0, 0.05) is 44.0 Å². The monoisotopic (exact) mass is 575 g/mol. The Hall–Kier alpha value is -1.74. The molecule has 0 amide bonds. The van der Waals surface area contributed by atoms with Gasteiger partial charge in [-0.1, -0.05) is 18.2 Å². The van der Waals surface area contributed by atoms with Crippen LogP contribution in [-0.4, -0.2) is 97.6 Å². The van der Waals surface area contributed by atoms with E-state index in [9.17, 15) is 31.8 Å². The van der Waals surface area contributed by atoms with E-state index in [0.29, 0.717) is 44.8 Å². The SMILES string of the molecule is C[C@@](O)(c1ccc(N2CCN(S(=O)(=O)c3cccs3)C[C@@H]2CN2C3COCC2CC(O)C3)cc1)C(F)(F)F. The molecule has 2 N–H and O–H groups in total. The third-order valence-electron chi connectivity index (χ3n) is 7.92. The first-order valence-electron chi connectivity index (χ1n) is 12.6. The maximum Gasteiger partial charge on any atom is 0.421 e. The van der Waals surface area contributed by atoms with Crippen LogP contribution in [0.1, 0.15) is 25.3 Å².